The van der Waals surface area contributed by atoms with Crippen molar-refractivity contribution in [3.8, 4) is 17.0 Å². The minimum Gasteiger partial charge on any atom is -0.492 e. The summed E-state index contributed by atoms with van der Waals surface area (Å²) in [6.45, 7) is 4.87. The number of halogens is 2. The highest BCUT2D eigenvalue weighted by molar-refractivity contribution is 6.33. The van der Waals surface area contributed by atoms with Crippen LogP contribution in [0.15, 0.2) is 48.7 Å². The van der Waals surface area contributed by atoms with E-state index in [0.29, 0.717) is 16.7 Å². The van der Waals surface area contributed by atoms with Crippen LogP contribution in [-0.2, 0) is 11.8 Å². The van der Waals surface area contributed by atoms with Gasteiger partial charge < -0.3 is 14.8 Å². The first kappa shape index (κ1) is 21.0. The van der Waals surface area contributed by atoms with E-state index < -0.39 is 0 Å². The van der Waals surface area contributed by atoms with Crippen molar-refractivity contribution in [1.29, 1.82) is 0 Å². The lowest BCUT2D eigenvalue weighted by atomic mass is 10.1. The van der Waals surface area contributed by atoms with Crippen molar-refractivity contribution in [2.24, 2.45) is 7.05 Å². The van der Waals surface area contributed by atoms with Crippen LogP contribution in [0.1, 0.15) is 0 Å². The van der Waals surface area contributed by atoms with Gasteiger partial charge in [0.1, 0.15) is 12.4 Å². The van der Waals surface area contributed by atoms with Crippen molar-refractivity contribution in [3.63, 3.8) is 0 Å². The van der Waals surface area contributed by atoms with E-state index in [0.717, 1.165) is 61.2 Å². The molecule has 3 aromatic rings. The molecule has 1 fully saturated rings. The molecule has 6 nitrogen and oxygen atoms in total. The predicted octanol–water partition coefficient (Wildman–Crippen LogP) is 4.85. The number of hydrogen-bond donors (Lipinski definition) is 1. The number of aromatic nitrogens is 2. The van der Waals surface area contributed by atoms with Crippen LogP contribution in [0.4, 0.5) is 11.4 Å². The van der Waals surface area contributed by atoms with Crippen molar-refractivity contribution < 1.29 is 9.47 Å². The molecule has 0 bridgehead atoms. The van der Waals surface area contributed by atoms with Gasteiger partial charge in [-0.15, -0.1) is 0 Å². The van der Waals surface area contributed by atoms with Gasteiger partial charge in [0.15, 0.2) is 0 Å². The summed E-state index contributed by atoms with van der Waals surface area (Å²) >= 11 is 12.6. The highest BCUT2D eigenvalue weighted by Crippen LogP contribution is 2.37. The number of nitrogens with zero attached hydrogens (tertiary/aromatic N) is 3. The number of nitrogens with one attached hydrogen (secondary N) is 1. The lowest BCUT2D eigenvalue weighted by Gasteiger charge is -2.26. The van der Waals surface area contributed by atoms with Gasteiger partial charge in [-0.3, -0.25) is 9.58 Å². The molecule has 0 spiro atoms. The zero-order valence-electron chi connectivity index (χ0n) is 16.8. The Labute approximate surface area is 186 Å². The molecular formula is C22H24Cl2N4O2. The summed E-state index contributed by atoms with van der Waals surface area (Å²) in [6, 6.07) is 13.6. The lowest BCUT2D eigenvalue weighted by molar-refractivity contribution is 0.0323. The third-order valence-corrected chi connectivity index (χ3v) is 5.52. The van der Waals surface area contributed by atoms with Crippen LogP contribution in [0.5, 0.6) is 5.75 Å². The summed E-state index contributed by atoms with van der Waals surface area (Å²) in [4.78, 5) is 2.34. The van der Waals surface area contributed by atoms with Gasteiger partial charge in [-0.1, -0.05) is 29.3 Å². The van der Waals surface area contributed by atoms with E-state index in [1.807, 2.05) is 49.5 Å². The van der Waals surface area contributed by atoms with Crippen LogP contribution < -0.4 is 10.1 Å². The molecular weight excluding hydrogens is 423 g/mol. The number of aryl methyl sites for hydroxylation is 1. The second-order valence-corrected chi connectivity index (χ2v) is 7.96. The number of ether oxygens (including phenoxy) is 2. The highest BCUT2D eigenvalue weighted by atomic mass is 35.5. The van der Waals surface area contributed by atoms with Crippen molar-refractivity contribution in [2.75, 3.05) is 44.8 Å². The Morgan fingerprint density at radius 1 is 1.10 bits per heavy atom. The molecule has 0 amide bonds. The Balaban J connectivity index is 1.57. The van der Waals surface area contributed by atoms with E-state index >= 15 is 0 Å². The molecule has 1 aliphatic rings. The van der Waals surface area contributed by atoms with Crippen LogP contribution in [-0.4, -0.2) is 54.1 Å². The van der Waals surface area contributed by atoms with E-state index in [1.165, 1.54) is 0 Å². The molecule has 1 saturated heterocycles. The topological polar surface area (TPSA) is 51.5 Å². The van der Waals surface area contributed by atoms with Crippen LogP contribution in [0.2, 0.25) is 10.0 Å². The second-order valence-electron chi connectivity index (χ2n) is 7.11. The molecule has 2 heterocycles. The van der Waals surface area contributed by atoms with Crippen molar-refractivity contribution >= 4 is 34.6 Å². The first-order chi connectivity index (χ1) is 14.6. The zero-order valence-corrected chi connectivity index (χ0v) is 18.3. The smallest absolute Gasteiger partial charge is 0.128 e. The van der Waals surface area contributed by atoms with Gasteiger partial charge >= 0.3 is 0 Å². The quantitative estimate of drug-likeness (QED) is 0.561. The molecule has 0 radical (unpaired) electrons. The van der Waals surface area contributed by atoms with Gasteiger partial charge in [0.2, 0.25) is 0 Å². The summed E-state index contributed by atoms with van der Waals surface area (Å²) in [5, 5.41) is 8.93. The summed E-state index contributed by atoms with van der Waals surface area (Å²) in [6.07, 6.45) is 1.64. The minimum atomic E-state index is 0.579. The van der Waals surface area contributed by atoms with E-state index in [1.54, 1.807) is 10.9 Å². The van der Waals surface area contributed by atoms with Crippen molar-refractivity contribution in [3.05, 3.63) is 58.7 Å². The summed E-state index contributed by atoms with van der Waals surface area (Å²) in [5.41, 5.74) is 3.51. The average molecular weight is 447 g/mol. The molecule has 0 unspecified atom stereocenters. The Morgan fingerprint density at radius 2 is 1.90 bits per heavy atom. The Kier molecular flexibility index (Phi) is 6.79. The van der Waals surface area contributed by atoms with E-state index in [-0.39, 0.29) is 0 Å². The van der Waals surface area contributed by atoms with E-state index in [9.17, 15) is 0 Å². The van der Waals surface area contributed by atoms with E-state index in [4.69, 9.17) is 32.7 Å². The van der Waals surface area contributed by atoms with Gasteiger partial charge in [0.25, 0.3) is 0 Å². The fourth-order valence-electron chi connectivity index (χ4n) is 3.47. The van der Waals surface area contributed by atoms with Crippen molar-refractivity contribution in [2.45, 2.75) is 0 Å². The Morgan fingerprint density at radius 3 is 2.63 bits per heavy atom. The number of hydrogen-bond acceptors (Lipinski definition) is 5. The first-order valence-electron chi connectivity index (χ1n) is 9.87. The summed E-state index contributed by atoms with van der Waals surface area (Å²) in [5.74, 6) is 0.769. The van der Waals surface area contributed by atoms with Crippen LogP contribution in [0.3, 0.4) is 0 Å². The second kappa shape index (κ2) is 9.71. The van der Waals surface area contributed by atoms with E-state index in [2.05, 4.69) is 15.3 Å². The molecule has 1 aliphatic heterocycles. The highest BCUT2D eigenvalue weighted by Gasteiger charge is 2.17. The summed E-state index contributed by atoms with van der Waals surface area (Å²) < 4.78 is 13.3. The number of morpholine rings is 1. The zero-order chi connectivity index (χ0) is 20.9. The van der Waals surface area contributed by atoms with Gasteiger partial charge in [-0.2, -0.15) is 5.10 Å². The molecule has 158 valence electrons. The van der Waals surface area contributed by atoms with Crippen LogP contribution in [0.25, 0.3) is 11.3 Å². The molecule has 0 aliphatic carbocycles. The van der Waals surface area contributed by atoms with Crippen molar-refractivity contribution in [1.82, 2.24) is 14.7 Å². The summed E-state index contributed by atoms with van der Waals surface area (Å²) in [7, 11) is 1.87. The molecule has 0 atom stereocenters. The molecule has 2 aromatic carbocycles. The van der Waals surface area contributed by atoms with Crippen LogP contribution in [0, 0.1) is 0 Å². The Hall–Kier alpha value is -2.25. The number of anilines is 2. The van der Waals surface area contributed by atoms with Gasteiger partial charge in [-0.25, -0.2) is 0 Å². The standard InChI is InChI=1S/C22H24Cl2N4O2/c1-27-22(20(24)15-25-27)19-14-18(26-17-4-2-3-16(23)13-17)5-6-21(19)30-12-9-28-7-10-29-11-8-28/h2-6,13-15,26H,7-12H2,1H3. The minimum absolute atomic E-state index is 0.579. The maximum absolute atomic E-state index is 6.44. The van der Waals surface area contributed by atoms with Gasteiger partial charge in [0, 0.05) is 48.6 Å². The number of benzene rings is 2. The lowest BCUT2D eigenvalue weighted by Crippen LogP contribution is -2.38. The maximum Gasteiger partial charge on any atom is 0.128 e. The first-order valence-corrected chi connectivity index (χ1v) is 10.6. The number of rotatable bonds is 7. The SMILES string of the molecule is Cn1ncc(Cl)c1-c1cc(Nc2cccc(Cl)c2)ccc1OCCN1CCOCC1. The molecule has 8 heteroatoms. The molecule has 30 heavy (non-hydrogen) atoms. The van der Waals surface area contributed by atoms with Crippen LogP contribution >= 0.6 is 23.2 Å². The van der Waals surface area contributed by atoms with Gasteiger partial charge in [0.05, 0.1) is 30.1 Å². The third kappa shape index (κ3) is 5.08. The average Bonchev–Trinajstić information content (AvgIpc) is 3.08. The predicted molar refractivity (Wildman–Crippen MR) is 121 cm³/mol. The molecule has 1 aromatic heterocycles. The molecule has 4 rings (SSSR count). The fraction of sp³-hybridized carbons (Fsp3) is 0.318. The molecule has 1 N–H and O–H groups in total. The largest absolute Gasteiger partial charge is 0.492 e. The monoisotopic (exact) mass is 446 g/mol. The van der Waals surface area contributed by atoms with Gasteiger partial charge in [-0.05, 0) is 36.4 Å². The molecule has 0 saturated carbocycles. The Bertz CT molecular complexity index is 983. The normalized spacial score (nSPS) is 14.6. The maximum atomic E-state index is 6.44. The third-order valence-electron chi connectivity index (χ3n) is 5.01. The fourth-order valence-corrected chi connectivity index (χ4v) is 3.93.